The Kier molecular flexibility index (Phi) is 7.16. The monoisotopic (exact) mass is 743 g/mol. The Morgan fingerprint density at radius 2 is 0.948 bits per heavy atom. The second-order valence-corrected chi connectivity index (χ2v) is 14.7. The summed E-state index contributed by atoms with van der Waals surface area (Å²) in [4.78, 5) is 20.6. The first-order valence-corrected chi connectivity index (χ1v) is 19.5. The summed E-state index contributed by atoms with van der Waals surface area (Å²) in [5.74, 6) is 1.77. The van der Waals surface area contributed by atoms with E-state index in [0.29, 0.717) is 17.5 Å². The maximum absolute atomic E-state index is 5.19. The van der Waals surface area contributed by atoms with Gasteiger partial charge in [0.15, 0.2) is 23.8 Å². The predicted molar refractivity (Wildman–Crippen MR) is 238 cm³/mol. The van der Waals surface area contributed by atoms with Crippen LogP contribution in [-0.4, -0.2) is 30.3 Å². The van der Waals surface area contributed by atoms with E-state index >= 15 is 0 Å². The fraction of sp³-hybridized carbons (Fsp3) is 0.0196. The number of fused-ring (bicyclic) bond motifs is 8. The maximum atomic E-state index is 5.19. The Morgan fingerprint density at radius 3 is 1.60 bits per heavy atom. The van der Waals surface area contributed by atoms with Gasteiger partial charge in [0.1, 0.15) is 0 Å². The van der Waals surface area contributed by atoms with Crippen LogP contribution in [0.5, 0.6) is 0 Å². The van der Waals surface area contributed by atoms with Gasteiger partial charge in [-0.2, -0.15) is 0 Å². The van der Waals surface area contributed by atoms with E-state index in [9.17, 15) is 0 Å². The van der Waals surface area contributed by atoms with E-state index in [4.69, 9.17) is 19.9 Å². The molecule has 11 aromatic rings. The van der Waals surface area contributed by atoms with E-state index in [0.717, 1.165) is 60.5 Å². The van der Waals surface area contributed by atoms with Gasteiger partial charge < -0.3 is 14.5 Å². The average Bonchev–Trinajstić information content (AvgIpc) is 3.80. The molecule has 0 saturated carbocycles. The van der Waals surface area contributed by atoms with Crippen LogP contribution in [-0.2, 0) is 0 Å². The molecule has 272 valence electrons. The highest BCUT2D eigenvalue weighted by Crippen LogP contribution is 2.40. The van der Waals surface area contributed by atoms with Crippen LogP contribution < -0.4 is 5.32 Å². The van der Waals surface area contributed by atoms with Gasteiger partial charge in [-0.1, -0.05) is 140 Å². The van der Waals surface area contributed by atoms with Gasteiger partial charge in [-0.25, -0.2) is 19.9 Å². The summed E-state index contributed by atoms with van der Waals surface area (Å²) in [7, 11) is 0. The number of nitrogens with zero attached hydrogens (tertiary/aromatic N) is 6. The minimum absolute atomic E-state index is 0.407. The molecule has 4 heterocycles. The van der Waals surface area contributed by atoms with E-state index in [1.807, 2.05) is 12.4 Å². The number of allylic oxidation sites excluding steroid dienone is 1. The van der Waals surface area contributed by atoms with E-state index in [-0.39, 0.29) is 0 Å². The first-order valence-electron chi connectivity index (χ1n) is 19.5. The lowest BCUT2D eigenvalue weighted by Crippen LogP contribution is -2.24. The van der Waals surface area contributed by atoms with Crippen molar-refractivity contribution in [2.45, 2.75) is 6.29 Å². The molecule has 0 amide bonds. The van der Waals surface area contributed by atoms with Crippen LogP contribution in [0.1, 0.15) is 12.1 Å². The predicted octanol–water partition coefficient (Wildman–Crippen LogP) is 11.9. The fourth-order valence-corrected chi connectivity index (χ4v) is 8.82. The highest BCUT2D eigenvalue weighted by molar-refractivity contribution is 6.19. The van der Waals surface area contributed by atoms with Crippen LogP contribution in [0, 0.1) is 0 Å². The first kappa shape index (κ1) is 32.4. The molecule has 0 fully saturated rings. The summed E-state index contributed by atoms with van der Waals surface area (Å²) in [6.45, 7) is 0. The van der Waals surface area contributed by atoms with Gasteiger partial charge in [-0.15, -0.1) is 0 Å². The van der Waals surface area contributed by atoms with E-state index in [1.165, 1.54) is 27.1 Å². The second-order valence-electron chi connectivity index (χ2n) is 14.7. The molecule has 0 aliphatic carbocycles. The molecule has 1 N–H and O–H groups in total. The molecular formula is C51H33N7. The zero-order chi connectivity index (χ0) is 38.2. The van der Waals surface area contributed by atoms with Crippen molar-refractivity contribution in [2.75, 3.05) is 0 Å². The summed E-state index contributed by atoms with van der Waals surface area (Å²) in [6, 6.07) is 61.8. The lowest BCUT2D eigenvalue weighted by molar-refractivity contribution is 0.502. The molecule has 0 radical (unpaired) electrons. The molecule has 58 heavy (non-hydrogen) atoms. The molecule has 3 aromatic heterocycles. The quantitative estimate of drug-likeness (QED) is 0.190. The number of rotatable bonds is 5. The van der Waals surface area contributed by atoms with Crippen molar-refractivity contribution in [1.82, 2.24) is 29.4 Å². The molecule has 1 atom stereocenters. The number of aromatic nitrogens is 5. The van der Waals surface area contributed by atoms with Crippen molar-refractivity contribution in [2.24, 2.45) is 4.99 Å². The number of benzene rings is 8. The van der Waals surface area contributed by atoms with E-state index < -0.39 is 6.29 Å². The fourth-order valence-electron chi connectivity index (χ4n) is 8.82. The van der Waals surface area contributed by atoms with Gasteiger partial charge in [0, 0.05) is 50.8 Å². The smallest absolute Gasteiger partial charge is 0.200 e. The summed E-state index contributed by atoms with van der Waals surface area (Å²) >= 11 is 0. The Balaban J connectivity index is 1.01. The van der Waals surface area contributed by atoms with Gasteiger partial charge in [-0.3, -0.25) is 0 Å². The Labute approximate surface area is 332 Å². The molecule has 0 saturated heterocycles. The SMILES string of the molecule is C1=NC(n2c3ccccc3c3cc4c5ccccc5n(-c5ccccc5)c4cc32)NC=C1c1nc(-c2cccc3ccccc23)nc(-c2cccc3ccccc23)n1. The molecule has 12 rings (SSSR count). The Hall–Kier alpha value is -7.90. The molecule has 7 nitrogen and oxygen atoms in total. The molecule has 0 spiro atoms. The Bertz CT molecular complexity index is 3390. The topological polar surface area (TPSA) is 72.9 Å². The zero-order valence-corrected chi connectivity index (χ0v) is 31.2. The minimum atomic E-state index is -0.407. The largest absolute Gasteiger partial charge is 0.352 e. The third kappa shape index (κ3) is 5.00. The molecule has 8 aromatic carbocycles. The first-order chi connectivity index (χ1) is 28.8. The van der Waals surface area contributed by atoms with Crippen LogP contribution >= 0.6 is 0 Å². The third-order valence-corrected chi connectivity index (χ3v) is 11.5. The summed E-state index contributed by atoms with van der Waals surface area (Å²) in [5.41, 5.74) is 8.32. The van der Waals surface area contributed by atoms with Gasteiger partial charge in [0.2, 0.25) is 0 Å². The summed E-state index contributed by atoms with van der Waals surface area (Å²) < 4.78 is 4.67. The van der Waals surface area contributed by atoms with Crippen LogP contribution in [0.4, 0.5) is 0 Å². The minimum Gasteiger partial charge on any atom is -0.352 e. The Morgan fingerprint density at radius 1 is 0.414 bits per heavy atom. The lowest BCUT2D eigenvalue weighted by atomic mass is 10.0. The third-order valence-electron chi connectivity index (χ3n) is 11.5. The highest BCUT2D eigenvalue weighted by Gasteiger charge is 2.23. The standard InChI is InChI=1S/C51H33N7/c1-2-18-35(19-3-1)57-44-26-10-8-22-38(44)42-28-43-39-23-9-11-27-45(39)58(47(43)29-46(42)57)51-52-30-34(31-53-51)48-54-49(40-24-12-16-32-14-4-6-20-36(32)40)56-50(55-48)41-25-13-17-33-15-5-7-21-37(33)41/h1-31,51-52H. The average molecular weight is 744 g/mol. The normalized spacial score (nSPS) is 14.2. The molecule has 1 aliphatic heterocycles. The number of nitrogens with one attached hydrogen (secondary N) is 1. The van der Waals surface area contributed by atoms with Gasteiger partial charge in [0.25, 0.3) is 0 Å². The van der Waals surface area contributed by atoms with Crippen molar-refractivity contribution >= 4 is 76.9 Å². The number of hydrogen-bond donors (Lipinski definition) is 1. The number of para-hydroxylation sites is 3. The lowest BCUT2D eigenvalue weighted by Gasteiger charge is -2.22. The summed E-state index contributed by atoms with van der Waals surface area (Å²) in [5, 5.41) is 12.9. The highest BCUT2D eigenvalue weighted by atomic mass is 15.3. The summed E-state index contributed by atoms with van der Waals surface area (Å²) in [6.07, 6.45) is 3.48. The maximum Gasteiger partial charge on any atom is 0.200 e. The van der Waals surface area contributed by atoms with Crippen LogP contribution in [0.25, 0.3) is 99.2 Å². The van der Waals surface area contributed by atoms with Crippen molar-refractivity contribution < 1.29 is 0 Å². The number of aliphatic imine (C=N–C) groups is 1. The van der Waals surface area contributed by atoms with Crippen molar-refractivity contribution in [1.29, 1.82) is 0 Å². The van der Waals surface area contributed by atoms with Crippen molar-refractivity contribution in [3.05, 3.63) is 188 Å². The van der Waals surface area contributed by atoms with Crippen LogP contribution in [0.2, 0.25) is 0 Å². The van der Waals surface area contributed by atoms with Gasteiger partial charge in [-0.05, 0) is 57.9 Å². The molecule has 7 heteroatoms. The van der Waals surface area contributed by atoms with Gasteiger partial charge in [0.05, 0.1) is 27.6 Å². The van der Waals surface area contributed by atoms with Crippen LogP contribution in [0.15, 0.2) is 187 Å². The molecular weight excluding hydrogens is 711 g/mol. The van der Waals surface area contributed by atoms with Gasteiger partial charge >= 0.3 is 0 Å². The number of hydrogen-bond acceptors (Lipinski definition) is 5. The van der Waals surface area contributed by atoms with E-state index in [2.05, 4.69) is 190 Å². The van der Waals surface area contributed by atoms with Crippen molar-refractivity contribution in [3.63, 3.8) is 0 Å². The van der Waals surface area contributed by atoms with E-state index in [1.54, 1.807) is 0 Å². The molecule has 1 aliphatic rings. The van der Waals surface area contributed by atoms with Crippen molar-refractivity contribution in [3.8, 4) is 28.5 Å². The second kappa shape index (κ2) is 12.8. The van der Waals surface area contributed by atoms with Crippen LogP contribution in [0.3, 0.4) is 0 Å². The molecule has 1 unspecified atom stereocenters. The zero-order valence-electron chi connectivity index (χ0n) is 31.2. The molecule has 0 bridgehead atoms.